The Morgan fingerprint density at radius 1 is 1.14 bits per heavy atom. The van der Waals surface area contributed by atoms with Gasteiger partial charge in [0.2, 0.25) is 10.0 Å². The van der Waals surface area contributed by atoms with Crippen molar-refractivity contribution in [1.29, 1.82) is 0 Å². The molecule has 1 aromatic carbocycles. The van der Waals surface area contributed by atoms with E-state index in [2.05, 4.69) is 30.8 Å². The maximum atomic E-state index is 12.2. The van der Waals surface area contributed by atoms with E-state index in [4.69, 9.17) is 0 Å². The fourth-order valence-corrected chi connectivity index (χ4v) is 4.15. The summed E-state index contributed by atoms with van der Waals surface area (Å²) in [6, 6.07) is 7.67. The summed E-state index contributed by atoms with van der Waals surface area (Å²) < 4.78 is 27.1. The number of piperidine rings is 1. The molecule has 0 spiro atoms. The van der Waals surface area contributed by atoms with Gasteiger partial charge in [0.1, 0.15) is 0 Å². The molecule has 1 aromatic rings. The molecule has 0 saturated carbocycles. The van der Waals surface area contributed by atoms with E-state index in [9.17, 15) is 8.42 Å². The van der Waals surface area contributed by atoms with Gasteiger partial charge >= 0.3 is 0 Å². The molecule has 2 rings (SSSR count). The molecule has 1 aliphatic rings. The highest BCUT2D eigenvalue weighted by molar-refractivity contribution is 7.92. The first-order valence-electron chi connectivity index (χ1n) is 7.58. The van der Waals surface area contributed by atoms with Gasteiger partial charge in [0.05, 0.1) is 5.75 Å². The number of sulfonamides is 1. The highest BCUT2D eigenvalue weighted by atomic mass is 32.2. The Balaban J connectivity index is 1.99. The standard InChI is InChI=1S/C16H26N2O2S/c1-16(2,3)14-4-6-15(7-5-14)18-21(19,20)12-13-8-10-17-11-9-13/h4-7,13,17-18H,8-12H2,1-3H3. The monoisotopic (exact) mass is 310 g/mol. The van der Waals surface area contributed by atoms with Crippen LogP contribution in [-0.2, 0) is 15.4 Å². The Kier molecular flexibility index (Phi) is 4.94. The zero-order valence-corrected chi connectivity index (χ0v) is 14.0. The fraction of sp³-hybridized carbons (Fsp3) is 0.625. The van der Waals surface area contributed by atoms with Crippen LogP contribution in [0.5, 0.6) is 0 Å². The minimum absolute atomic E-state index is 0.0759. The Morgan fingerprint density at radius 2 is 1.71 bits per heavy atom. The van der Waals surface area contributed by atoms with Crippen molar-refractivity contribution >= 4 is 15.7 Å². The third kappa shape index (κ3) is 5.00. The molecular formula is C16H26N2O2S. The molecule has 1 heterocycles. The highest BCUT2D eigenvalue weighted by Crippen LogP contribution is 2.24. The molecule has 118 valence electrons. The molecule has 21 heavy (non-hydrogen) atoms. The van der Waals surface area contributed by atoms with E-state index in [1.54, 1.807) is 0 Å². The molecule has 5 heteroatoms. The zero-order valence-electron chi connectivity index (χ0n) is 13.1. The predicted molar refractivity (Wildman–Crippen MR) is 88.1 cm³/mol. The van der Waals surface area contributed by atoms with Crippen molar-refractivity contribution < 1.29 is 8.42 Å². The van der Waals surface area contributed by atoms with E-state index in [1.807, 2.05) is 24.3 Å². The second kappa shape index (κ2) is 6.36. The van der Waals surface area contributed by atoms with Crippen LogP contribution in [0, 0.1) is 5.92 Å². The Labute approximate surface area is 128 Å². The van der Waals surface area contributed by atoms with E-state index in [-0.39, 0.29) is 17.1 Å². The maximum absolute atomic E-state index is 12.2. The van der Waals surface area contributed by atoms with Crippen LogP contribution in [0.3, 0.4) is 0 Å². The molecule has 2 N–H and O–H groups in total. The van der Waals surface area contributed by atoms with Crippen LogP contribution in [0.1, 0.15) is 39.2 Å². The van der Waals surface area contributed by atoms with E-state index in [0.29, 0.717) is 5.69 Å². The molecule has 0 aliphatic carbocycles. The van der Waals surface area contributed by atoms with Gasteiger partial charge < -0.3 is 5.32 Å². The van der Waals surface area contributed by atoms with Gasteiger partial charge in [-0.15, -0.1) is 0 Å². The molecule has 0 atom stereocenters. The number of anilines is 1. The first-order chi connectivity index (χ1) is 9.76. The average Bonchev–Trinajstić information content (AvgIpc) is 2.38. The molecule has 0 unspecified atom stereocenters. The summed E-state index contributed by atoms with van der Waals surface area (Å²) in [4.78, 5) is 0. The average molecular weight is 310 g/mol. The first-order valence-corrected chi connectivity index (χ1v) is 9.23. The molecule has 0 amide bonds. The minimum atomic E-state index is -3.26. The maximum Gasteiger partial charge on any atom is 0.232 e. The number of benzene rings is 1. The quantitative estimate of drug-likeness (QED) is 0.899. The predicted octanol–water partition coefficient (Wildman–Crippen LogP) is 2.73. The van der Waals surface area contributed by atoms with Gasteiger partial charge in [0, 0.05) is 5.69 Å². The Morgan fingerprint density at radius 3 is 2.24 bits per heavy atom. The third-order valence-corrected chi connectivity index (χ3v) is 5.40. The molecule has 1 aliphatic heterocycles. The van der Waals surface area contributed by atoms with Gasteiger partial charge in [0.25, 0.3) is 0 Å². The summed E-state index contributed by atoms with van der Waals surface area (Å²) in [5, 5.41) is 3.26. The minimum Gasteiger partial charge on any atom is -0.317 e. The van der Waals surface area contributed by atoms with Crippen molar-refractivity contribution in [3.8, 4) is 0 Å². The Hall–Kier alpha value is -1.07. The van der Waals surface area contributed by atoms with Crippen molar-refractivity contribution in [2.24, 2.45) is 5.92 Å². The van der Waals surface area contributed by atoms with Gasteiger partial charge in [-0.05, 0) is 55.0 Å². The van der Waals surface area contributed by atoms with E-state index < -0.39 is 10.0 Å². The number of hydrogen-bond acceptors (Lipinski definition) is 3. The summed E-state index contributed by atoms with van der Waals surface area (Å²) in [6.07, 6.45) is 1.87. The van der Waals surface area contributed by atoms with Crippen LogP contribution in [0.25, 0.3) is 0 Å². The lowest BCUT2D eigenvalue weighted by Crippen LogP contribution is -2.33. The summed E-state index contributed by atoms with van der Waals surface area (Å²) in [5.74, 6) is 0.480. The summed E-state index contributed by atoms with van der Waals surface area (Å²) >= 11 is 0. The highest BCUT2D eigenvalue weighted by Gasteiger charge is 2.21. The second-order valence-electron chi connectivity index (χ2n) is 6.90. The molecule has 1 fully saturated rings. The third-order valence-electron chi connectivity index (χ3n) is 3.94. The zero-order chi connectivity index (χ0) is 15.5. The van der Waals surface area contributed by atoms with Crippen molar-refractivity contribution in [2.45, 2.75) is 39.0 Å². The number of rotatable bonds is 4. The van der Waals surface area contributed by atoms with Crippen LogP contribution < -0.4 is 10.0 Å². The molecule has 0 radical (unpaired) electrons. The molecule has 4 nitrogen and oxygen atoms in total. The normalized spacial score (nSPS) is 17.7. The van der Waals surface area contributed by atoms with Gasteiger partial charge in [-0.3, -0.25) is 4.72 Å². The smallest absolute Gasteiger partial charge is 0.232 e. The summed E-state index contributed by atoms with van der Waals surface area (Å²) in [6.45, 7) is 8.26. The van der Waals surface area contributed by atoms with E-state index in [1.165, 1.54) is 5.56 Å². The van der Waals surface area contributed by atoms with Crippen molar-refractivity contribution in [3.63, 3.8) is 0 Å². The fourth-order valence-electron chi connectivity index (χ4n) is 2.62. The molecule has 0 bridgehead atoms. The van der Waals surface area contributed by atoms with E-state index in [0.717, 1.165) is 25.9 Å². The second-order valence-corrected chi connectivity index (χ2v) is 8.67. The number of nitrogens with one attached hydrogen (secondary N) is 2. The van der Waals surface area contributed by atoms with Gasteiger partial charge in [-0.1, -0.05) is 32.9 Å². The van der Waals surface area contributed by atoms with Gasteiger partial charge in [0.15, 0.2) is 0 Å². The first kappa shape index (κ1) is 16.3. The molecule has 1 saturated heterocycles. The SMILES string of the molecule is CC(C)(C)c1ccc(NS(=O)(=O)CC2CCNCC2)cc1. The molecule has 0 aromatic heterocycles. The Bertz CT molecular complexity index is 553. The number of hydrogen-bond donors (Lipinski definition) is 2. The van der Waals surface area contributed by atoms with Gasteiger partial charge in [-0.2, -0.15) is 0 Å². The summed E-state index contributed by atoms with van der Waals surface area (Å²) in [7, 11) is -3.26. The largest absolute Gasteiger partial charge is 0.317 e. The van der Waals surface area contributed by atoms with E-state index >= 15 is 0 Å². The van der Waals surface area contributed by atoms with Crippen LogP contribution >= 0.6 is 0 Å². The van der Waals surface area contributed by atoms with Crippen LogP contribution in [-0.4, -0.2) is 27.3 Å². The van der Waals surface area contributed by atoms with Crippen LogP contribution in [0.4, 0.5) is 5.69 Å². The molecular weight excluding hydrogens is 284 g/mol. The van der Waals surface area contributed by atoms with Crippen molar-refractivity contribution in [1.82, 2.24) is 5.32 Å². The van der Waals surface area contributed by atoms with Crippen molar-refractivity contribution in [2.75, 3.05) is 23.6 Å². The lowest BCUT2D eigenvalue weighted by atomic mass is 9.87. The van der Waals surface area contributed by atoms with Gasteiger partial charge in [-0.25, -0.2) is 8.42 Å². The summed E-state index contributed by atoms with van der Waals surface area (Å²) in [5.41, 5.74) is 1.92. The van der Waals surface area contributed by atoms with Crippen LogP contribution in [0.2, 0.25) is 0 Å². The lowest BCUT2D eigenvalue weighted by Gasteiger charge is -2.23. The topological polar surface area (TPSA) is 58.2 Å². The van der Waals surface area contributed by atoms with Crippen molar-refractivity contribution in [3.05, 3.63) is 29.8 Å². The lowest BCUT2D eigenvalue weighted by molar-refractivity contribution is 0.402. The van der Waals surface area contributed by atoms with Crippen LogP contribution in [0.15, 0.2) is 24.3 Å².